The third kappa shape index (κ3) is 3.90. The number of aromatic amines is 1. The van der Waals surface area contributed by atoms with Crippen molar-refractivity contribution in [3.8, 4) is 11.3 Å². The van der Waals surface area contributed by atoms with Crippen molar-refractivity contribution in [2.24, 2.45) is 13.0 Å². The number of benzene rings is 2. The quantitative estimate of drug-likeness (QED) is 0.368. The highest BCUT2D eigenvalue weighted by atomic mass is 16.1. The van der Waals surface area contributed by atoms with Crippen LogP contribution in [0.25, 0.3) is 33.3 Å². The molecule has 0 atom stereocenters. The molecular weight excluding hydrogens is 424 g/mol. The Hall–Kier alpha value is -4.13. The van der Waals surface area contributed by atoms with E-state index in [0.717, 1.165) is 44.8 Å². The van der Waals surface area contributed by atoms with E-state index in [2.05, 4.69) is 52.2 Å². The molecule has 3 aromatic heterocycles. The fraction of sp³-hybridized carbons (Fsp3) is 0.222. The van der Waals surface area contributed by atoms with Crippen LogP contribution in [-0.2, 0) is 7.05 Å². The molecule has 0 spiro atoms. The first-order valence-electron chi connectivity index (χ1n) is 11.4. The van der Waals surface area contributed by atoms with Crippen LogP contribution < -0.4 is 10.2 Å². The molecule has 0 fully saturated rings. The van der Waals surface area contributed by atoms with Crippen molar-refractivity contribution in [1.29, 1.82) is 0 Å². The molecule has 5 rings (SSSR count). The molecule has 7 nitrogen and oxygen atoms in total. The summed E-state index contributed by atoms with van der Waals surface area (Å²) in [6.45, 7) is 4.81. The minimum Gasteiger partial charge on any atom is -0.352 e. The van der Waals surface area contributed by atoms with Crippen LogP contribution in [0.3, 0.4) is 0 Å². The lowest BCUT2D eigenvalue weighted by Gasteiger charge is -2.18. The van der Waals surface area contributed by atoms with Gasteiger partial charge in [0, 0.05) is 43.0 Å². The molecule has 0 unspecified atom stereocenters. The number of carbonyl (C=O) groups is 1. The highest BCUT2D eigenvalue weighted by molar-refractivity contribution is 6.08. The third-order valence-electron chi connectivity index (χ3n) is 5.99. The molecule has 2 N–H and O–H groups in total. The van der Waals surface area contributed by atoms with Crippen LogP contribution in [0.4, 0.5) is 11.5 Å². The van der Waals surface area contributed by atoms with E-state index >= 15 is 0 Å². The summed E-state index contributed by atoms with van der Waals surface area (Å²) in [5.41, 5.74) is 6.14. The number of para-hydroxylation sites is 1. The van der Waals surface area contributed by atoms with Crippen LogP contribution in [0.15, 0.2) is 67.0 Å². The van der Waals surface area contributed by atoms with Gasteiger partial charge in [-0.1, -0.05) is 44.2 Å². The molecule has 0 aliphatic heterocycles. The predicted molar refractivity (Wildman–Crippen MR) is 137 cm³/mol. The van der Waals surface area contributed by atoms with Gasteiger partial charge in [0.2, 0.25) is 0 Å². The highest BCUT2D eigenvalue weighted by Gasteiger charge is 2.19. The molecular formula is C27H28N6O. The molecule has 2 aromatic carbocycles. The van der Waals surface area contributed by atoms with Gasteiger partial charge in [0.1, 0.15) is 11.2 Å². The number of hydrogen-bond donors (Lipinski definition) is 2. The van der Waals surface area contributed by atoms with Crippen LogP contribution in [-0.4, -0.2) is 39.0 Å². The first-order valence-corrected chi connectivity index (χ1v) is 11.4. The minimum absolute atomic E-state index is 0.0643. The van der Waals surface area contributed by atoms with E-state index in [-0.39, 0.29) is 5.91 Å². The van der Waals surface area contributed by atoms with E-state index in [4.69, 9.17) is 4.98 Å². The van der Waals surface area contributed by atoms with E-state index in [0.29, 0.717) is 18.0 Å². The van der Waals surface area contributed by atoms with Crippen LogP contribution in [0.1, 0.15) is 24.2 Å². The Morgan fingerprint density at radius 3 is 2.68 bits per heavy atom. The number of amides is 1. The number of fused-ring (bicyclic) bond motifs is 3. The summed E-state index contributed by atoms with van der Waals surface area (Å²) >= 11 is 0. The maximum absolute atomic E-state index is 12.6. The first-order chi connectivity index (χ1) is 16.4. The van der Waals surface area contributed by atoms with Gasteiger partial charge < -0.3 is 19.8 Å². The monoisotopic (exact) mass is 452 g/mol. The Kier molecular flexibility index (Phi) is 5.53. The summed E-state index contributed by atoms with van der Waals surface area (Å²) in [4.78, 5) is 27.7. The maximum Gasteiger partial charge on any atom is 0.251 e. The Bertz CT molecular complexity index is 1480. The zero-order valence-corrected chi connectivity index (χ0v) is 19.8. The molecule has 0 aliphatic carbocycles. The first kappa shape index (κ1) is 21.7. The molecule has 0 aliphatic rings. The second kappa shape index (κ2) is 8.67. The molecule has 7 heteroatoms. The van der Waals surface area contributed by atoms with Crippen LogP contribution in [0, 0.1) is 5.92 Å². The van der Waals surface area contributed by atoms with E-state index in [1.807, 2.05) is 67.5 Å². The summed E-state index contributed by atoms with van der Waals surface area (Å²) in [6.07, 6.45) is 1.82. The van der Waals surface area contributed by atoms with Gasteiger partial charge in [-0.25, -0.2) is 9.97 Å². The molecule has 0 saturated carbocycles. The van der Waals surface area contributed by atoms with Crippen molar-refractivity contribution in [2.45, 2.75) is 13.8 Å². The Morgan fingerprint density at radius 2 is 1.91 bits per heavy atom. The van der Waals surface area contributed by atoms with Crippen molar-refractivity contribution in [3.63, 3.8) is 0 Å². The predicted octanol–water partition coefficient (Wildman–Crippen LogP) is 5.27. The molecule has 0 saturated heterocycles. The Labute approximate surface area is 198 Å². The molecule has 3 heterocycles. The van der Waals surface area contributed by atoms with Gasteiger partial charge in [0.15, 0.2) is 5.82 Å². The Morgan fingerprint density at radius 1 is 1.12 bits per heavy atom. The number of imidazole rings is 1. The molecule has 172 valence electrons. The standard InChI is InChI=1S/C27H28N6O/c1-17(2)15-28-27(34)19-10-8-9-18(13-19)22-14-21-24-23(29-16-32(24)3)26(31-25(21)30-22)33(4)20-11-6-5-7-12-20/h5-14,16-17H,15H2,1-4H3,(H,28,34)(H,30,31). The van der Waals surface area contributed by atoms with Crippen LogP contribution in [0.2, 0.25) is 0 Å². The van der Waals surface area contributed by atoms with Gasteiger partial charge in [-0.15, -0.1) is 0 Å². The summed E-state index contributed by atoms with van der Waals surface area (Å²) in [6, 6.07) is 19.9. The SMILES string of the molecule is CC(C)CNC(=O)c1cccc(-c2cc3c(nc(N(C)c4ccccc4)c4ncn(C)c43)[nH]2)c1. The van der Waals surface area contributed by atoms with Crippen LogP contribution in [0.5, 0.6) is 0 Å². The van der Waals surface area contributed by atoms with E-state index in [1.54, 1.807) is 0 Å². The number of aryl methyl sites for hydroxylation is 1. The number of anilines is 2. The topological polar surface area (TPSA) is 78.8 Å². The summed E-state index contributed by atoms with van der Waals surface area (Å²) < 4.78 is 2.02. The van der Waals surface area contributed by atoms with Gasteiger partial charge in [0.05, 0.1) is 11.8 Å². The van der Waals surface area contributed by atoms with E-state index in [1.165, 1.54) is 0 Å². The fourth-order valence-corrected chi connectivity index (χ4v) is 4.17. The third-order valence-corrected chi connectivity index (χ3v) is 5.99. The smallest absolute Gasteiger partial charge is 0.251 e. The highest BCUT2D eigenvalue weighted by Crippen LogP contribution is 2.35. The Balaban J connectivity index is 1.59. The van der Waals surface area contributed by atoms with Gasteiger partial charge in [-0.3, -0.25) is 4.79 Å². The number of H-pyrrole nitrogens is 1. The number of pyridine rings is 1. The molecule has 34 heavy (non-hydrogen) atoms. The van der Waals surface area contributed by atoms with Gasteiger partial charge >= 0.3 is 0 Å². The van der Waals surface area contributed by atoms with Crippen molar-refractivity contribution in [2.75, 3.05) is 18.5 Å². The number of aromatic nitrogens is 4. The van der Waals surface area contributed by atoms with Crippen molar-refractivity contribution >= 4 is 39.5 Å². The molecule has 0 bridgehead atoms. The average Bonchev–Trinajstić information content (AvgIpc) is 3.45. The molecule has 1 amide bonds. The van der Waals surface area contributed by atoms with Crippen LogP contribution >= 0.6 is 0 Å². The summed E-state index contributed by atoms with van der Waals surface area (Å²) in [7, 11) is 3.99. The number of nitrogens with zero attached hydrogens (tertiary/aromatic N) is 4. The number of hydrogen-bond acceptors (Lipinski definition) is 4. The fourth-order valence-electron chi connectivity index (χ4n) is 4.17. The lowest BCUT2D eigenvalue weighted by atomic mass is 10.1. The van der Waals surface area contributed by atoms with E-state index in [9.17, 15) is 4.79 Å². The maximum atomic E-state index is 12.6. The van der Waals surface area contributed by atoms with Crippen molar-refractivity contribution in [3.05, 3.63) is 72.6 Å². The number of rotatable bonds is 6. The van der Waals surface area contributed by atoms with Crippen molar-refractivity contribution < 1.29 is 4.79 Å². The zero-order chi connectivity index (χ0) is 23.8. The normalized spacial score (nSPS) is 11.4. The molecule has 5 aromatic rings. The second-order valence-corrected chi connectivity index (χ2v) is 9.01. The lowest BCUT2D eigenvalue weighted by Crippen LogP contribution is -2.27. The van der Waals surface area contributed by atoms with Gasteiger partial charge in [-0.05, 0) is 41.8 Å². The summed E-state index contributed by atoms with van der Waals surface area (Å²) in [5.74, 6) is 1.12. The zero-order valence-electron chi connectivity index (χ0n) is 19.8. The van der Waals surface area contributed by atoms with Gasteiger partial charge in [0.25, 0.3) is 5.91 Å². The van der Waals surface area contributed by atoms with Crippen molar-refractivity contribution in [1.82, 2.24) is 24.8 Å². The van der Waals surface area contributed by atoms with Gasteiger partial charge in [-0.2, -0.15) is 0 Å². The average molecular weight is 453 g/mol. The number of nitrogens with one attached hydrogen (secondary N) is 2. The lowest BCUT2D eigenvalue weighted by molar-refractivity contribution is 0.0949. The second-order valence-electron chi connectivity index (χ2n) is 9.01. The minimum atomic E-state index is -0.0643. The summed E-state index contributed by atoms with van der Waals surface area (Å²) in [5, 5.41) is 3.98. The molecule has 0 radical (unpaired) electrons. The largest absolute Gasteiger partial charge is 0.352 e. The number of carbonyl (C=O) groups excluding carboxylic acids is 1. The van der Waals surface area contributed by atoms with E-state index < -0.39 is 0 Å².